The molecule has 0 bridgehead atoms. The fraction of sp³-hybridized carbons (Fsp3) is 0.692. The van der Waals surface area contributed by atoms with Crippen molar-refractivity contribution in [3.05, 3.63) is 12.3 Å². The Bertz CT molecular complexity index is 207. The first-order chi connectivity index (χ1) is 6.70. The molecule has 1 N–H and O–H groups in total. The Kier molecular flexibility index (Phi) is 8.13. The van der Waals surface area contributed by atoms with Gasteiger partial charge in [0.2, 0.25) is 0 Å². The second kappa shape index (κ2) is 8.69. The van der Waals surface area contributed by atoms with Gasteiger partial charge in [0, 0.05) is 25.6 Å². The zero-order valence-electron chi connectivity index (χ0n) is 9.82. The minimum absolute atomic E-state index is 0.776. The molecule has 0 rings (SSSR count). The monoisotopic (exact) mass is 193 g/mol. The van der Waals surface area contributed by atoms with Gasteiger partial charge in [-0.05, 0) is 12.3 Å². The maximum absolute atomic E-state index is 3.82. The van der Waals surface area contributed by atoms with E-state index in [9.17, 15) is 0 Å². The lowest BCUT2D eigenvalue weighted by Crippen LogP contribution is -2.02. The summed E-state index contributed by atoms with van der Waals surface area (Å²) >= 11 is 0. The molecule has 0 aromatic heterocycles. The Morgan fingerprint density at radius 3 is 2.64 bits per heavy atom. The van der Waals surface area contributed by atoms with Gasteiger partial charge in [0.15, 0.2) is 0 Å². The zero-order valence-corrected chi connectivity index (χ0v) is 9.82. The van der Waals surface area contributed by atoms with Crippen LogP contribution in [-0.2, 0) is 0 Å². The molecule has 0 aromatic rings. The third-order valence-corrected chi connectivity index (χ3v) is 2.32. The van der Waals surface area contributed by atoms with E-state index in [2.05, 4.69) is 37.6 Å². The van der Waals surface area contributed by atoms with Crippen LogP contribution in [0.5, 0.6) is 0 Å². The minimum atomic E-state index is 0.776. The summed E-state index contributed by atoms with van der Waals surface area (Å²) in [7, 11) is 1.88. The summed E-state index contributed by atoms with van der Waals surface area (Å²) in [5.41, 5.74) is 0.999. The molecule has 1 heteroatoms. The fourth-order valence-electron chi connectivity index (χ4n) is 1.30. The highest BCUT2D eigenvalue weighted by atomic mass is 14.8. The van der Waals surface area contributed by atoms with Gasteiger partial charge in [-0.2, -0.15) is 0 Å². The highest BCUT2D eigenvalue weighted by Gasteiger charge is 1.97. The van der Waals surface area contributed by atoms with Crippen LogP contribution in [0.2, 0.25) is 0 Å². The lowest BCUT2D eigenvalue weighted by Gasteiger charge is -2.05. The van der Waals surface area contributed by atoms with Crippen LogP contribution in [0, 0.1) is 17.8 Å². The number of hydrogen-bond donors (Lipinski definition) is 1. The Morgan fingerprint density at radius 1 is 1.36 bits per heavy atom. The van der Waals surface area contributed by atoms with Crippen LogP contribution in [0.3, 0.4) is 0 Å². The molecular formula is C13H23N. The predicted octanol–water partition coefficient (Wildman–Crippen LogP) is 3.33. The Balaban J connectivity index is 3.47. The largest absolute Gasteiger partial charge is 0.391 e. The molecule has 0 aliphatic heterocycles. The quantitative estimate of drug-likeness (QED) is 0.638. The summed E-state index contributed by atoms with van der Waals surface area (Å²) < 4.78 is 0. The Hall–Kier alpha value is -0.900. The van der Waals surface area contributed by atoms with Crippen LogP contribution in [0.1, 0.15) is 46.0 Å². The van der Waals surface area contributed by atoms with E-state index in [0.29, 0.717) is 0 Å². The van der Waals surface area contributed by atoms with Crippen molar-refractivity contribution in [2.24, 2.45) is 5.92 Å². The highest BCUT2D eigenvalue weighted by molar-refractivity contribution is 5.08. The average Bonchev–Trinajstić information content (AvgIpc) is 2.17. The van der Waals surface area contributed by atoms with Crippen LogP contribution in [0.15, 0.2) is 12.3 Å². The summed E-state index contributed by atoms with van der Waals surface area (Å²) in [6.45, 7) is 8.36. The van der Waals surface area contributed by atoms with Gasteiger partial charge in [0.05, 0.1) is 0 Å². The van der Waals surface area contributed by atoms with Gasteiger partial charge in [-0.1, -0.05) is 39.2 Å². The van der Waals surface area contributed by atoms with Crippen LogP contribution in [0.25, 0.3) is 0 Å². The van der Waals surface area contributed by atoms with E-state index in [4.69, 9.17) is 0 Å². The summed E-state index contributed by atoms with van der Waals surface area (Å²) in [4.78, 5) is 0. The molecule has 0 saturated carbocycles. The molecule has 1 nitrogen and oxygen atoms in total. The molecular weight excluding hydrogens is 170 g/mol. The number of allylic oxidation sites excluding steroid dienone is 1. The molecule has 0 aliphatic rings. The third kappa shape index (κ3) is 7.73. The average molecular weight is 193 g/mol. The molecule has 0 saturated heterocycles. The molecule has 14 heavy (non-hydrogen) atoms. The van der Waals surface area contributed by atoms with Crippen molar-refractivity contribution in [1.29, 1.82) is 0 Å². The maximum Gasteiger partial charge on any atom is 0.0482 e. The van der Waals surface area contributed by atoms with E-state index in [1.807, 2.05) is 7.05 Å². The van der Waals surface area contributed by atoms with Gasteiger partial charge >= 0.3 is 0 Å². The smallest absolute Gasteiger partial charge is 0.0482 e. The number of nitrogens with one attached hydrogen (secondary N) is 1. The van der Waals surface area contributed by atoms with Crippen molar-refractivity contribution in [3.8, 4) is 11.8 Å². The second-order valence-corrected chi connectivity index (χ2v) is 3.82. The fourth-order valence-corrected chi connectivity index (χ4v) is 1.30. The molecule has 0 fully saturated rings. The molecule has 80 valence electrons. The molecule has 0 radical (unpaired) electrons. The standard InChI is InChI=1S/C13H23N/c1-5-9-12(2)10-7-6-8-11-13(3)14-4/h12,14H,3,5,7,9-11H2,1-2,4H3/t12-/m1/s1. The molecule has 0 heterocycles. The van der Waals surface area contributed by atoms with E-state index in [-0.39, 0.29) is 0 Å². The Morgan fingerprint density at radius 2 is 2.07 bits per heavy atom. The zero-order chi connectivity index (χ0) is 10.8. The van der Waals surface area contributed by atoms with Crippen LogP contribution >= 0.6 is 0 Å². The minimum Gasteiger partial charge on any atom is -0.391 e. The van der Waals surface area contributed by atoms with Crippen molar-refractivity contribution < 1.29 is 0 Å². The molecule has 0 unspecified atom stereocenters. The first-order valence-corrected chi connectivity index (χ1v) is 5.52. The summed E-state index contributed by atoms with van der Waals surface area (Å²) in [5.74, 6) is 7.13. The first-order valence-electron chi connectivity index (χ1n) is 5.52. The number of rotatable bonds is 6. The maximum atomic E-state index is 3.82. The van der Waals surface area contributed by atoms with Gasteiger partial charge in [-0.3, -0.25) is 0 Å². The first kappa shape index (κ1) is 13.1. The van der Waals surface area contributed by atoms with Gasteiger partial charge in [0.25, 0.3) is 0 Å². The molecule has 0 spiro atoms. The van der Waals surface area contributed by atoms with Gasteiger partial charge in [-0.25, -0.2) is 0 Å². The summed E-state index contributed by atoms with van der Waals surface area (Å²) in [5, 5.41) is 2.99. The van der Waals surface area contributed by atoms with Gasteiger partial charge in [-0.15, -0.1) is 5.92 Å². The SMILES string of the molecule is C=C(CC#CCC[C@H](C)CCC)NC. The van der Waals surface area contributed by atoms with Crippen molar-refractivity contribution >= 4 is 0 Å². The Labute approximate surface area is 89.0 Å². The normalized spacial score (nSPS) is 11.4. The molecule has 0 aromatic carbocycles. The van der Waals surface area contributed by atoms with E-state index >= 15 is 0 Å². The van der Waals surface area contributed by atoms with Crippen LogP contribution in [-0.4, -0.2) is 7.05 Å². The summed E-state index contributed by atoms with van der Waals surface area (Å²) in [6, 6.07) is 0. The van der Waals surface area contributed by atoms with E-state index < -0.39 is 0 Å². The molecule has 0 amide bonds. The van der Waals surface area contributed by atoms with Crippen molar-refractivity contribution in [3.63, 3.8) is 0 Å². The highest BCUT2D eigenvalue weighted by Crippen LogP contribution is 2.11. The second-order valence-electron chi connectivity index (χ2n) is 3.82. The van der Waals surface area contributed by atoms with E-state index in [1.165, 1.54) is 19.3 Å². The van der Waals surface area contributed by atoms with Crippen molar-refractivity contribution in [1.82, 2.24) is 5.32 Å². The predicted molar refractivity (Wildman–Crippen MR) is 63.9 cm³/mol. The summed E-state index contributed by atoms with van der Waals surface area (Å²) in [6.07, 6.45) is 5.64. The molecule has 1 atom stereocenters. The van der Waals surface area contributed by atoms with Gasteiger partial charge < -0.3 is 5.32 Å². The number of hydrogen-bond acceptors (Lipinski definition) is 1. The topological polar surface area (TPSA) is 12.0 Å². The van der Waals surface area contributed by atoms with Crippen LogP contribution in [0.4, 0.5) is 0 Å². The molecule has 0 aliphatic carbocycles. The van der Waals surface area contributed by atoms with E-state index in [0.717, 1.165) is 24.5 Å². The van der Waals surface area contributed by atoms with Crippen molar-refractivity contribution in [2.45, 2.75) is 46.0 Å². The van der Waals surface area contributed by atoms with E-state index in [1.54, 1.807) is 0 Å². The van der Waals surface area contributed by atoms with Crippen molar-refractivity contribution in [2.75, 3.05) is 7.05 Å². The lowest BCUT2D eigenvalue weighted by molar-refractivity contribution is 0.494. The lowest BCUT2D eigenvalue weighted by atomic mass is 10.0. The third-order valence-electron chi connectivity index (χ3n) is 2.32. The van der Waals surface area contributed by atoms with Gasteiger partial charge in [0.1, 0.15) is 0 Å². The van der Waals surface area contributed by atoms with Crippen LogP contribution < -0.4 is 5.32 Å².